The minimum atomic E-state index is -0.143. The van der Waals surface area contributed by atoms with E-state index in [9.17, 15) is 4.79 Å². The first kappa shape index (κ1) is 15.2. The monoisotopic (exact) mass is 258 g/mol. The van der Waals surface area contributed by atoms with E-state index in [-0.39, 0.29) is 5.91 Å². The zero-order valence-electron chi connectivity index (χ0n) is 11.6. The average molecular weight is 258 g/mol. The molecule has 102 valence electrons. The molecular formula is C16H22N2O. The van der Waals surface area contributed by atoms with Crippen LogP contribution in [0, 0.1) is 0 Å². The number of carbonyl (C=O) groups is 1. The Bertz CT molecular complexity index is 438. The summed E-state index contributed by atoms with van der Waals surface area (Å²) in [6.07, 6.45) is 7.67. The third-order valence-corrected chi connectivity index (χ3v) is 2.81. The second-order valence-corrected chi connectivity index (χ2v) is 4.37. The molecule has 0 aromatic heterocycles. The highest BCUT2D eigenvalue weighted by Gasteiger charge is 1.98. The number of nitrogens with zero attached hydrogens (tertiary/aromatic N) is 1. The summed E-state index contributed by atoms with van der Waals surface area (Å²) >= 11 is 0. The van der Waals surface area contributed by atoms with Gasteiger partial charge in [0.25, 0.3) is 5.91 Å². The van der Waals surface area contributed by atoms with Crippen molar-refractivity contribution in [3.05, 3.63) is 36.4 Å². The van der Waals surface area contributed by atoms with E-state index in [2.05, 4.69) is 23.8 Å². The topological polar surface area (TPSA) is 41.5 Å². The van der Waals surface area contributed by atoms with Gasteiger partial charge >= 0.3 is 0 Å². The third kappa shape index (κ3) is 6.00. The molecule has 0 spiro atoms. The van der Waals surface area contributed by atoms with E-state index in [1.54, 1.807) is 6.08 Å². The summed E-state index contributed by atoms with van der Waals surface area (Å²) in [5, 5.41) is 2.84. The number of benzene rings is 1. The molecule has 0 heterocycles. The lowest BCUT2D eigenvalue weighted by Crippen LogP contribution is -2.25. The van der Waals surface area contributed by atoms with Crippen LogP contribution in [0.4, 0.5) is 5.69 Å². The van der Waals surface area contributed by atoms with E-state index in [0.717, 1.165) is 24.1 Å². The van der Waals surface area contributed by atoms with Crippen molar-refractivity contribution in [1.29, 1.82) is 0 Å². The van der Waals surface area contributed by atoms with Gasteiger partial charge in [0.1, 0.15) is 0 Å². The van der Waals surface area contributed by atoms with Crippen molar-refractivity contribution in [2.75, 3.05) is 6.54 Å². The molecular weight excluding hydrogens is 236 g/mol. The Balaban J connectivity index is 2.39. The quantitative estimate of drug-likeness (QED) is 0.560. The number of carbonyl (C=O) groups excluding carboxylic acids is 1. The zero-order valence-corrected chi connectivity index (χ0v) is 11.6. The van der Waals surface area contributed by atoms with Gasteiger partial charge in [-0.1, -0.05) is 57.0 Å². The van der Waals surface area contributed by atoms with Crippen molar-refractivity contribution in [2.45, 2.75) is 32.6 Å². The van der Waals surface area contributed by atoms with E-state index in [1.165, 1.54) is 19.1 Å². The summed E-state index contributed by atoms with van der Waals surface area (Å²) in [5.41, 5.74) is 1.69. The molecule has 1 rings (SSSR count). The highest BCUT2D eigenvalue weighted by atomic mass is 16.1. The number of unbranched alkanes of at least 4 members (excludes halogenated alkanes) is 3. The van der Waals surface area contributed by atoms with Crippen LogP contribution < -0.4 is 5.32 Å². The molecule has 0 bridgehead atoms. The summed E-state index contributed by atoms with van der Waals surface area (Å²) < 4.78 is 0. The molecule has 1 aromatic rings. The van der Waals surface area contributed by atoms with Gasteiger partial charge in [-0.05, 0) is 18.1 Å². The van der Waals surface area contributed by atoms with Gasteiger partial charge in [-0.15, -0.1) is 0 Å². The Morgan fingerprint density at radius 2 is 2.11 bits per heavy atom. The molecule has 1 amide bonds. The summed E-state index contributed by atoms with van der Waals surface area (Å²) in [5.74, 6) is -0.143. The highest BCUT2D eigenvalue weighted by Crippen LogP contribution is 2.18. The molecule has 0 saturated heterocycles. The molecule has 0 fully saturated rings. The predicted octanol–water partition coefficient (Wildman–Crippen LogP) is 3.73. The zero-order chi connectivity index (χ0) is 13.9. The number of hydrogen-bond donors (Lipinski definition) is 1. The Kier molecular flexibility index (Phi) is 7.25. The van der Waals surface area contributed by atoms with Gasteiger partial charge in [-0.2, -0.15) is 0 Å². The smallest absolute Gasteiger partial charge is 0.262 e. The van der Waals surface area contributed by atoms with Gasteiger partial charge < -0.3 is 5.32 Å². The largest absolute Gasteiger partial charge is 0.351 e. The second-order valence-electron chi connectivity index (χ2n) is 4.37. The second kappa shape index (κ2) is 9.09. The average Bonchev–Trinajstić information content (AvgIpc) is 2.45. The number of aliphatic imine (C=N–C) groups is 1. The molecule has 3 nitrogen and oxygen atoms in total. The fourth-order valence-electron chi connectivity index (χ4n) is 1.71. The Labute approximate surface area is 115 Å². The van der Waals surface area contributed by atoms with Crippen molar-refractivity contribution >= 4 is 23.9 Å². The maximum atomic E-state index is 11.6. The summed E-state index contributed by atoms with van der Waals surface area (Å²) in [6.45, 7) is 6.61. The summed E-state index contributed by atoms with van der Waals surface area (Å²) in [4.78, 5) is 15.7. The first-order chi connectivity index (χ1) is 9.27. The fraction of sp³-hybridized carbons (Fsp3) is 0.375. The molecule has 1 aromatic carbocycles. The van der Waals surface area contributed by atoms with Gasteiger partial charge in [-0.25, -0.2) is 0 Å². The van der Waals surface area contributed by atoms with Gasteiger partial charge in [0.15, 0.2) is 0 Å². The molecule has 0 radical (unpaired) electrons. The summed E-state index contributed by atoms with van der Waals surface area (Å²) in [6, 6.07) is 7.59. The number of para-hydroxylation sites is 1. The first-order valence-electron chi connectivity index (χ1n) is 6.81. The van der Waals surface area contributed by atoms with Crippen LogP contribution in [-0.4, -0.2) is 18.7 Å². The molecule has 3 heteroatoms. The lowest BCUT2D eigenvalue weighted by atomic mass is 10.2. The van der Waals surface area contributed by atoms with Crippen molar-refractivity contribution < 1.29 is 4.79 Å². The molecule has 0 aliphatic rings. The normalized spacial score (nSPS) is 10.6. The Hall–Kier alpha value is -1.90. The molecule has 0 saturated carbocycles. The van der Waals surface area contributed by atoms with E-state index in [1.807, 2.05) is 24.3 Å². The Morgan fingerprint density at radius 3 is 2.84 bits per heavy atom. The van der Waals surface area contributed by atoms with Crippen LogP contribution in [0.2, 0.25) is 0 Å². The van der Waals surface area contributed by atoms with Crippen molar-refractivity contribution in [3.63, 3.8) is 0 Å². The SMILES string of the molecule is C=Cc1ccccc1N=CC(=O)NCCCCCC. The molecule has 19 heavy (non-hydrogen) atoms. The van der Waals surface area contributed by atoms with Gasteiger partial charge in [0.2, 0.25) is 0 Å². The minimum absolute atomic E-state index is 0.143. The van der Waals surface area contributed by atoms with Crippen LogP contribution in [0.25, 0.3) is 6.08 Å². The van der Waals surface area contributed by atoms with Crippen molar-refractivity contribution in [3.8, 4) is 0 Å². The Morgan fingerprint density at radius 1 is 1.32 bits per heavy atom. The van der Waals surface area contributed by atoms with Crippen LogP contribution in [0.15, 0.2) is 35.8 Å². The number of nitrogens with one attached hydrogen (secondary N) is 1. The van der Waals surface area contributed by atoms with Gasteiger partial charge in [-0.3, -0.25) is 9.79 Å². The number of rotatable bonds is 8. The molecule has 0 aliphatic carbocycles. The minimum Gasteiger partial charge on any atom is -0.351 e. The molecule has 0 aliphatic heterocycles. The van der Waals surface area contributed by atoms with E-state index in [4.69, 9.17) is 0 Å². The number of amides is 1. The fourth-order valence-corrected chi connectivity index (χ4v) is 1.71. The van der Waals surface area contributed by atoms with Crippen LogP contribution in [0.3, 0.4) is 0 Å². The maximum absolute atomic E-state index is 11.6. The van der Waals surface area contributed by atoms with Gasteiger partial charge in [0.05, 0.1) is 11.9 Å². The first-order valence-corrected chi connectivity index (χ1v) is 6.81. The maximum Gasteiger partial charge on any atom is 0.262 e. The molecule has 0 unspecified atom stereocenters. The van der Waals surface area contributed by atoms with Crippen molar-refractivity contribution in [1.82, 2.24) is 5.32 Å². The third-order valence-electron chi connectivity index (χ3n) is 2.81. The van der Waals surface area contributed by atoms with Crippen molar-refractivity contribution in [2.24, 2.45) is 4.99 Å². The lowest BCUT2D eigenvalue weighted by Gasteiger charge is -2.02. The molecule has 1 N–H and O–H groups in total. The number of hydrogen-bond acceptors (Lipinski definition) is 2. The standard InChI is InChI=1S/C16H22N2O/c1-3-5-6-9-12-17-16(19)13-18-15-11-8-7-10-14(15)4-2/h4,7-8,10-11,13H,2-3,5-6,9,12H2,1H3,(H,17,19). The van der Waals surface area contributed by atoms with E-state index >= 15 is 0 Å². The highest BCUT2D eigenvalue weighted by molar-refractivity contribution is 6.26. The van der Waals surface area contributed by atoms with Gasteiger partial charge in [0, 0.05) is 6.54 Å². The van der Waals surface area contributed by atoms with E-state index in [0.29, 0.717) is 6.54 Å². The van der Waals surface area contributed by atoms with Crippen LogP contribution in [-0.2, 0) is 4.79 Å². The van der Waals surface area contributed by atoms with Crippen LogP contribution in [0.1, 0.15) is 38.2 Å². The van der Waals surface area contributed by atoms with E-state index < -0.39 is 0 Å². The molecule has 0 atom stereocenters. The van der Waals surface area contributed by atoms with Crippen LogP contribution >= 0.6 is 0 Å². The van der Waals surface area contributed by atoms with Crippen LogP contribution in [0.5, 0.6) is 0 Å². The lowest BCUT2D eigenvalue weighted by molar-refractivity contribution is -0.114. The predicted molar refractivity (Wildman–Crippen MR) is 81.8 cm³/mol. The summed E-state index contributed by atoms with van der Waals surface area (Å²) in [7, 11) is 0.